The number of benzene rings is 4. The van der Waals surface area contributed by atoms with Gasteiger partial charge in [0.05, 0.1) is 0 Å². The molecule has 1 nitrogen and oxygen atoms in total. The van der Waals surface area contributed by atoms with Crippen molar-refractivity contribution in [3.63, 3.8) is 0 Å². The number of hydrogen-bond donors (Lipinski definition) is 0. The van der Waals surface area contributed by atoms with E-state index in [4.69, 9.17) is 0 Å². The van der Waals surface area contributed by atoms with E-state index in [0.717, 1.165) is 11.1 Å². The van der Waals surface area contributed by atoms with Gasteiger partial charge in [-0.25, -0.2) is 0 Å². The summed E-state index contributed by atoms with van der Waals surface area (Å²) in [5.41, 5.74) is 2.70. The van der Waals surface area contributed by atoms with Crippen molar-refractivity contribution in [3.8, 4) is 0 Å². The molecule has 0 fully saturated rings. The van der Waals surface area contributed by atoms with Gasteiger partial charge in [-0.05, 0) is 54.8 Å². The Labute approximate surface area is 189 Å². The van der Waals surface area contributed by atoms with Crippen molar-refractivity contribution in [2.45, 2.75) is 20.9 Å². The van der Waals surface area contributed by atoms with Crippen LogP contribution in [0.2, 0.25) is 0 Å². The van der Waals surface area contributed by atoms with Crippen molar-refractivity contribution in [1.29, 1.82) is 0 Å². The Balaban J connectivity index is 1.56. The molecule has 5 aromatic rings. The average molecular weight is 438 g/mol. The molecule has 0 aliphatic heterocycles. The lowest BCUT2D eigenvalue weighted by molar-refractivity contribution is 0.103. The fraction of sp³-hybridized carbons (Fsp3) is 0.0357. The molecular weight excluding hydrogens is 416 g/mol. The molecule has 0 bridgehead atoms. The number of rotatable bonds is 5. The number of fused-ring (bicyclic) bond motifs is 1. The molecule has 3 heteroatoms. The lowest BCUT2D eigenvalue weighted by Crippen LogP contribution is -2.05. The minimum Gasteiger partial charge on any atom is -0.289 e. The van der Waals surface area contributed by atoms with Gasteiger partial charge in [0.2, 0.25) is 4.21 Å². The Kier molecular flexibility index (Phi) is 5.46. The maximum absolute atomic E-state index is 12.8. The first-order chi connectivity index (χ1) is 15.2. The molecule has 0 amide bonds. The maximum Gasteiger partial charge on any atom is 0.221 e. The number of aryl methyl sites for hydroxylation is 1. The highest BCUT2D eigenvalue weighted by atomic mass is 32.2. The summed E-state index contributed by atoms with van der Waals surface area (Å²) in [6.07, 6.45) is 0. The van der Waals surface area contributed by atoms with Crippen LogP contribution in [0.3, 0.4) is 0 Å². The largest absolute Gasteiger partial charge is 0.289 e. The molecule has 0 saturated heterocycles. The Morgan fingerprint density at radius 1 is 0.677 bits per heavy atom. The van der Waals surface area contributed by atoms with Gasteiger partial charge in [-0.15, -0.1) is 0 Å². The monoisotopic (exact) mass is 437 g/mol. The normalized spacial score (nSPS) is 12.0. The maximum atomic E-state index is 12.8. The number of hydrogen-bond acceptors (Lipinski definition) is 2. The zero-order chi connectivity index (χ0) is 21.2. The van der Waals surface area contributed by atoms with E-state index < -0.39 is 0 Å². The van der Waals surface area contributed by atoms with Crippen LogP contribution in [0.4, 0.5) is 0 Å². The van der Waals surface area contributed by atoms with E-state index in [2.05, 4.69) is 73.7 Å². The Bertz CT molecular complexity index is 1300. The van der Waals surface area contributed by atoms with E-state index in [1.54, 1.807) is 0 Å². The fourth-order valence-corrected chi connectivity index (χ4v) is 7.37. The highest BCUT2D eigenvalue weighted by Gasteiger charge is 2.31. The van der Waals surface area contributed by atoms with Gasteiger partial charge < -0.3 is 0 Å². The Morgan fingerprint density at radius 2 is 1.26 bits per heavy atom. The summed E-state index contributed by atoms with van der Waals surface area (Å²) in [4.78, 5) is 15.3. The average Bonchev–Trinajstić information content (AvgIpc) is 3.25. The topological polar surface area (TPSA) is 17.1 Å². The molecule has 0 aliphatic carbocycles. The van der Waals surface area contributed by atoms with Crippen molar-refractivity contribution in [2.24, 2.45) is 0 Å². The van der Waals surface area contributed by atoms with Gasteiger partial charge in [0.1, 0.15) is 10.9 Å². The van der Waals surface area contributed by atoms with E-state index in [1.807, 2.05) is 53.8 Å². The molecule has 150 valence electrons. The highest BCUT2D eigenvalue weighted by molar-refractivity contribution is 7.99. The van der Waals surface area contributed by atoms with Crippen LogP contribution in [0, 0.1) is 6.92 Å². The number of carbonyl (C=O) groups excluding carboxylic acids is 1. The van der Waals surface area contributed by atoms with Crippen LogP contribution in [0.5, 0.6) is 0 Å². The van der Waals surface area contributed by atoms with Crippen molar-refractivity contribution < 1.29 is 4.79 Å². The molecule has 0 N–H and O–H groups in total. The Morgan fingerprint density at radius 3 is 1.94 bits per heavy atom. The predicted octanol–water partition coefficient (Wildman–Crippen LogP) is 7.54. The van der Waals surface area contributed by atoms with Crippen LogP contribution in [0.15, 0.2) is 123 Å². The standard InChI is InChI=1S/C28H21OS2/c1-20-11-15-24(16-12-20)31(27-19-23-9-5-6-10-26(23)30-27)25-17-13-22(14-18-25)28(29)21-7-3-2-4-8-21/h2-19H,1H3/q+1. The van der Waals surface area contributed by atoms with Gasteiger partial charge in [-0.1, -0.05) is 77.6 Å². The molecule has 0 spiro atoms. The summed E-state index contributed by atoms with van der Waals surface area (Å²) in [7, 11) is -0.214. The van der Waals surface area contributed by atoms with Crippen molar-refractivity contribution in [2.75, 3.05) is 0 Å². The zero-order valence-corrected chi connectivity index (χ0v) is 18.8. The quantitative estimate of drug-likeness (QED) is 0.205. The minimum absolute atomic E-state index is 0.0595. The number of ketones is 1. The van der Waals surface area contributed by atoms with E-state index >= 15 is 0 Å². The van der Waals surface area contributed by atoms with Gasteiger partial charge in [-0.3, -0.25) is 4.79 Å². The second-order valence-corrected chi connectivity index (χ2v) is 10.8. The number of thiophene rings is 1. The molecular formula is C28H21OS2+. The molecule has 31 heavy (non-hydrogen) atoms. The predicted molar refractivity (Wildman–Crippen MR) is 131 cm³/mol. The smallest absolute Gasteiger partial charge is 0.221 e. The first kappa shape index (κ1) is 19.8. The van der Waals surface area contributed by atoms with E-state index in [1.165, 1.54) is 29.6 Å². The van der Waals surface area contributed by atoms with Crippen LogP contribution >= 0.6 is 11.3 Å². The van der Waals surface area contributed by atoms with Crippen LogP contribution in [0.25, 0.3) is 10.1 Å². The lowest BCUT2D eigenvalue weighted by atomic mass is 10.0. The lowest BCUT2D eigenvalue weighted by Gasteiger charge is -2.07. The van der Waals surface area contributed by atoms with Crippen molar-refractivity contribution in [1.82, 2.24) is 0 Å². The van der Waals surface area contributed by atoms with Crippen LogP contribution < -0.4 is 0 Å². The zero-order valence-electron chi connectivity index (χ0n) is 17.1. The molecule has 0 aliphatic rings. The SMILES string of the molecule is Cc1ccc([S+](c2ccc(C(=O)c3ccccc3)cc2)c2cc3ccccc3s2)cc1. The molecule has 1 aromatic heterocycles. The number of carbonyl (C=O) groups is 1. The second-order valence-electron chi connectivity index (χ2n) is 7.44. The van der Waals surface area contributed by atoms with Gasteiger partial charge in [-0.2, -0.15) is 0 Å². The van der Waals surface area contributed by atoms with Gasteiger partial charge in [0.15, 0.2) is 15.6 Å². The van der Waals surface area contributed by atoms with Gasteiger partial charge in [0.25, 0.3) is 0 Å². The summed E-state index contributed by atoms with van der Waals surface area (Å²) in [5.74, 6) is 0.0595. The molecule has 1 heterocycles. The molecule has 5 rings (SSSR count). The molecule has 0 saturated carbocycles. The Hall–Kier alpha value is -3.14. The molecule has 4 aromatic carbocycles. The second kappa shape index (κ2) is 8.54. The van der Waals surface area contributed by atoms with Crippen molar-refractivity contribution >= 4 is 38.1 Å². The third kappa shape index (κ3) is 4.07. The summed E-state index contributed by atoms with van der Waals surface area (Å²) >= 11 is 1.85. The van der Waals surface area contributed by atoms with Crippen LogP contribution in [-0.4, -0.2) is 5.78 Å². The minimum atomic E-state index is -0.214. The summed E-state index contributed by atoms with van der Waals surface area (Å²) in [6, 6.07) is 37.3. The van der Waals surface area contributed by atoms with Crippen LogP contribution in [-0.2, 0) is 10.9 Å². The third-order valence-corrected chi connectivity index (χ3v) is 8.92. The summed E-state index contributed by atoms with van der Waals surface area (Å²) < 4.78 is 2.64. The first-order valence-electron chi connectivity index (χ1n) is 10.2. The van der Waals surface area contributed by atoms with Crippen LogP contribution in [0.1, 0.15) is 21.5 Å². The molecule has 0 radical (unpaired) electrons. The molecule has 1 atom stereocenters. The van der Waals surface area contributed by atoms with E-state index in [0.29, 0.717) is 0 Å². The highest BCUT2D eigenvalue weighted by Crippen LogP contribution is 2.38. The van der Waals surface area contributed by atoms with E-state index in [-0.39, 0.29) is 16.7 Å². The van der Waals surface area contributed by atoms with Gasteiger partial charge >= 0.3 is 0 Å². The summed E-state index contributed by atoms with van der Waals surface area (Å²) in [5, 5.41) is 1.28. The first-order valence-corrected chi connectivity index (χ1v) is 12.2. The molecule has 1 unspecified atom stereocenters. The van der Waals surface area contributed by atoms with Crippen molar-refractivity contribution in [3.05, 3.63) is 126 Å². The van der Waals surface area contributed by atoms with Gasteiger partial charge in [0, 0.05) is 21.9 Å². The fourth-order valence-electron chi connectivity index (χ4n) is 3.60. The van der Waals surface area contributed by atoms with E-state index in [9.17, 15) is 4.79 Å². The summed E-state index contributed by atoms with van der Waals surface area (Å²) in [6.45, 7) is 2.12. The third-order valence-electron chi connectivity index (χ3n) is 5.25.